The van der Waals surface area contributed by atoms with Crippen LogP contribution in [-0.2, 0) is 11.2 Å². The van der Waals surface area contributed by atoms with Gasteiger partial charge in [0.2, 0.25) is 0 Å². The van der Waals surface area contributed by atoms with Gasteiger partial charge in [0.05, 0.1) is 0 Å². The van der Waals surface area contributed by atoms with Crippen molar-refractivity contribution >= 4 is 17.4 Å². The van der Waals surface area contributed by atoms with Crippen molar-refractivity contribution in [1.29, 1.82) is 0 Å². The summed E-state index contributed by atoms with van der Waals surface area (Å²) in [7, 11) is 0. The van der Waals surface area contributed by atoms with Gasteiger partial charge in [0, 0.05) is 23.5 Å². The van der Waals surface area contributed by atoms with E-state index in [1.165, 1.54) is 0 Å². The van der Waals surface area contributed by atoms with E-state index in [9.17, 15) is 4.79 Å². The van der Waals surface area contributed by atoms with Crippen LogP contribution in [-0.4, -0.2) is 22.7 Å². The molecule has 6 heteroatoms. The average Bonchev–Trinajstić information content (AvgIpc) is 2.84. The Kier molecular flexibility index (Phi) is 4.60. The molecule has 0 aliphatic carbocycles. The molecule has 2 rings (SSSR count). The van der Waals surface area contributed by atoms with E-state index < -0.39 is 0 Å². The third kappa shape index (κ3) is 4.01. The van der Waals surface area contributed by atoms with Gasteiger partial charge in [-0.15, -0.1) is 0 Å². The van der Waals surface area contributed by atoms with Crippen molar-refractivity contribution in [1.82, 2.24) is 10.2 Å². The van der Waals surface area contributed by atoms with E-state index in [-0.39, 0.29) is 12.5 Å². The molecule has 20 heavy (non-hydrogen) atoms. The van der Waals surface area contributed by atoms with Crippen LogP contribution in [0.1, 0.15) is 19.0 Å². The third-order valence-electron chi connectivity index (χ3n) is 2.65. The monoisotopic (exact) mass is 274 g/mol. The van der Waals surface area contributed by atoms with Gasteiger partial charge >= 0.3 is 0 Å². The molecule has 0 bridgehead atoms. The number of aromatic nitrogens is 2. The number of carbonyl (C=O) groups excluding carboxylic acids is 1. The minimum Gasteiger partial charge on any atom is -0.484 e. The number of hydrogen-bond donors (Lipinski definition) is 3. The number of nitrogens with one attached hydrogen (secondary N) is 2. The first-order valence-electron chi connectivity index (χ1n) is 6.50. The number of H-pyrrole nitrogens is 1. The van der Waals surface area contributed by atoms with Crippen LogP contribution in [0.4, 0.5) is 11.5 Å². The van der Waals surface area contributed by atoms with Gasteiger partial charge in [0.15, 0.2) is 12.4 Å². The molecule has 2 aromatic rings. The molecule has 0 aliphatic rings. The summed E-state index contributed by atoms with van der Waals surface area (Å²) in [6.07, 6.45) is 1.93. The second kappa shape index (κ2) is 6.60. The maximum Gasteiger partial charge on any atom is 0.263 e. The molecule has 0 spiro atoms. The molecule has 1 aromatic carbocycles. The Morgan fingerprint density at radius 2 is 2.30 bits per heavy atom. The number of aromatic amines is 1. The highest BCUT2D eigenvalue weighted by atomic mass is 16.5. The fourth-order valence-electron chi connectivity index (χ4n) is 1.76. The average molecular weight is 274 g/mol. The molecule has 0 saturated heterocycles. The quantitative estimate of drug-likeness (QED) is 0.702. The molecule has 0 aliphatic heterocycles. The van der Waals surface area contributed by atoms with Gasteiger partial charge in [0.1, 0.15) is 5.75 Å². The van der Waals surface area contributed by atoms with Crippen molar-refractivity contribution in [3.8, 4) is 5.75 Å². The van der Waals surface area contributed by atoms with Crippen LogP contribution in [0.15, 0.2) is 30.3 Å². The van der Waals surface area contributed by atoms with Gasteiger partial charge in [-0.25, -0.2) is 0 Å². The summed E-state index contributed by atoms with van der Waals surface area (Å²) in [5.74, 6) is 0.811. The number of anilines is 2. The van der Waals surface area contributed by atoms with Crippen molar-refractivity contribution in [2.75, 3.05) is 17.7 Å². The molecular weight excluding hydrogens is 256 g/mol. The number of nitrogens with zero attached hydrogens (tertiary/aromatic N) is 1. The normalized spacial score (nSPS) is 10.2. The summed E-state index contributed by atoms with van der Waals surface area (Å²) in [5.41, 5.74) is 7.22. The smallest absolute Gasteiger partial charge is 0.263 e. The number of aryl methyl sites for hydroxylation is 1. The first kappa shape index (κ1) is 13.9. The first-order valence-corrected chi connectivity index (χ1v) is 6.50. The summed E-state index contributed by atoms with van der Waals surface area (Å²) < 4.78 is 5.35. The van der Waals surface area contributed by atoms with Gasteiger partial charge in [-0.1, -0.05) is 19.4 Å². The van der Waals surface area contributed by atoms with E-state index in [1.54, 1.807) is 24.3 Å². The lowest BCUT2D eigenvalue weighted by molar-refractivity contribution is -0.118. The Labute approximate surface area is 117 Å². The molecule has 1 aromatic heterocycles. The molecule has 6 nitrogen and oxygen atoms in total. The highest BCUT2D eigenvalue weighted by molar-refractivity contribution is 5.90. The second-order valence-corrected chi connectivity index (χ2v) is 4.44. The summed E-state index contributed by atoms with van der Waals surface area (Å²) in [6.45, 7) is 2.00. The predicted octanol–water partition coefficient (Wildman–Crippen LogP) is 1.96. The van der Waals surface area contributed by atoms with E-state index in [0.29, 0.717) is 17.3 Å². The number of nitrogen functional groups attached to an aromatic ring is 1. The van der Waals surface area contributed by atoms with E-state index in [0.717, 1.165) is 18.5 Å². The maximum atomic E-state index is 11.7. The highest BCUT2D eigenvalue weighted by Gasteiger charge is 2.07. The Morgan fingerprint density at radius 3 is 3.05 bits per heavy atom. The second-order valence-electron chi connectivity index (χ2n) is 4.44. The van der Waals surface area contributed by atoms with Gasteiger partial charge in [0.25, 0.3) is 5.91 Å². The number of amides is 1. The van der Waals surface area contributed by atoms with Gasteiger partial charge in [-0.05, 0) is 18.6 Å². The highest BCUT2D eigenvalue weighted by Crippen LogP contribution is 2.14. The van der Waals surface area contributed by atoms with Gasteiger partial charge in [-0.3, -0.25) is 9.89 Å². The van der Waals surface area contributed by atoms with Crippen LogP contribution in [0.2, 0.25) is 0 Å². The van der Waals surface area contributed by atoms with E-state index >= 15 is 0 Å². The summed E-state index contributed by atoms with van der Waals surface area (Å²) in [4.78, 5) is 11.7. The topological polar surface area (TPSA) is 93.0 Å². The molecule has 0 atom stereocenters. The van der Waals surface area contributed by atoms with Crippen LogP contribution < -0.4 is 15.8 Å². The summed E-state index contributed by atoms with van der Waals surface area (Å²) in [6, 6.07) is 8.76. The zero-order valence-electron chi connectivity index (χ0n) is 11.3. The Morgan fingerprint density at radius 1 is 1.45 bits per heavy atom. The number of hydrogen-bond acceptors (Lipinski definition) is 4. The molecule has 106 valence electrons. The Balaban J connectivity index is 1.82. The number of carbonyl (C=O) groups is 1. The molecule has 1 heterocycles. The minimum absolute atomic E-state index is 0.0839. The standard InChI is InChI=1S/C14H18N4O2/c1-2-4-11-8-13(18-17-11)16-14(19)9-20-12-6-3-5-10(15)7-12/h3,5-8H,2,4,9,15H2,1H3,(H2,16,17,18,19). The van der Waals surface area contributed by atoms with Crippen LogP contribution >= 0.6 is 0 Å². The van der Waals surface area contributed by atoms with Crippen molar-refractivity contribution in [2.45, 2.75) is 19.8 Å². The molecule has 0 saturated carbocycles. The van der Waals surface area contributed by atoms with Crippen molar-refractivity contribution in [3.05, 3.63) is 36.0 Å². The zero-order valence-corrected chi connectivity index (χ0v) is 11.3. The molecule has 1 amide bonds. The molecule has 0 fully saturated rings. The predicted molar refractivity (Wildman–Crippen MR) is 77.6 cm³/mol. The number of ether oxygens (including phenoxy) is 1. The molecular formula is C14H18N4O2. The molecule has 0 radical (unpaired) electrons. The lowest BCUT2D eigenvalue weighted by Gasteiger charge is -2.06. The Bertz CT molecular complexity index is 580. The first-order chi connectivity index (χ1) is 9.67. The van der Waals surface area contributed by atoms with Crippen molar-refractivity contribution in [3.63, 3.8) is 0 Å². The maximum absolute atomic E-state index is 11.7. The molecule has 4 N–H and O–H groups in total. The molecule has 0 unspecified atom stereocenters. The van der Waals surface area contributed by atoms with Crippen LogP contribution in [0.3, 0.4) is 0 Å². The summed E-state index contributed by atoms with van der Waals surface area (Å²) in [5, 5.41) is 9.55. The minimum atomic E-state index is -0.262. The van der Waals surface area contributed by atoms with Crippen molar-refractivity contribution < 1.29 is 9.53 Å². The largest absolute Gasteiger partial charge is 0.484 e. The van der Waals surface area contributed by atoms with Crippen LogP contribution in [0.5, 0.6) is 5.75 Å². The van der Waals surface area contributed by atoms with Gasteiger partial charge in [-0.2, -0.15) is 5.10 Å². The van der Waals surface area contributed by atoms with E-state index in [2.05, 4.69) is 22.4 Å². The Hall–Kier alpha value is -2.50. The van der Waals surface area contributed by atoms with E-state index in [4.69, 9.17) is 10.5 Å². The van der Waals surface area contributed by atoms with Gasteiger partial charge < -0.3 is 15.8 Å². The van der Waals surface area contributed by atoms with Crippen LogP contribution in [0.25, 0.3) is 0 Å². The lowest BCUT2D eigenvalue weighted by atomic mass is 10.2. The summed E-state index contributed by atoms with van der Waals surface area (Å²) >= 11 is 0. The number of rotatable bonds is 6. The third-order valence-corrected chi connectivity index (χ3v) is 2.65. The van der Waals surface area contributed by atoms with Crippen LogP contribution in [0, 0.1) is 0 Å². The fraction of sp³-hybridized carbons (Fsp3) is 0.286. The van der Waals surface area contributed by atoms with E-state index in [1.807, 2.05) is 6.07 Å². The van der Waals surface area contributed by atoms with Crippen molar-refractivity contribution in [2.24, 2.45) is 0 Å². The lowest BCUT2D eigenvalue weighted by Crippen LogP contribution is -2.20. The number of benzene rings is 1. The number of nitrogens with two attached hydrogens (primary N) is 1. The SMILES string of the molecule is CCCc1cc(NC(=O)COc2cccc(N)c2)n[nH]1. The fourth-order valence-corrected chi connectivity index (χ4v) is 1.76. The zero-order chi connectivity index (χ0) is 14.4.